The lowest BCUT2D eigenvalue weighted by atomic mass is 10.1. The summed E-state index contributed by atoms with van der Waals surface area (Å²) in [5, 5.41) is 9.23. The van der Waals surface area contributed by atoms with Crippen molar-refractivity contribution in [2.75, 3.05) is 13.2 Å². The summed E-state index contributed by atoms with van der Waals surface area (Å²) in [6, 6.07) is 19.1. The monoisotopic (exact) mass is 403 g/mol. The van der Waals surface area contributed by atoms with E-state index in [1.54, 1.807) is 25.4 Å². The lowest BCUT2D eigenvalue weighted by Gasteiger charge is -2.08. The van der Waals surface area contributed by atoms with Crippen LogP contribution in [-0.2, 0) is 18.4 Å². The van der Waals surface area contributed by atoms with Crippen LogP contribution in [0.5, 0.6) is 5.75 Å². The number of carbonyl (C=O) groups excluding carboxylic acids is 1. The van der Waals surface area contributed by atoms with E-state index in [1.807, 2.05) is 48.5 Å². The van der Waals surface area contributed by atoms with Crippen molar-refractivity contribution in [3.63, 3.8) is 0 Å². The molecule has 1 amide bonds. The summed E-state index contributed by atoms with van der Waals surface area (Å²) in [6.07, 6.45) is 1.65. The molecular formula is C22H21N5O3. The van der Waals surface area contributed by atoms with E-state index >= 15 is 0 Å². The van der Waals surface area contributed by atoms with E-state index < -0.39 is 0 Å². The largest absolute Gasteiger partial charge is 0.484 e. The second-order valence-corrected chi connectivity index (χ2v) is 6.75. The van der Waals surface area contributed by atoms with Gasteiger partial charge in [-0.05, 0) is 35.0 Å². The number of ether oxygens (including phenoxy) is 1. The van der Waals surface area contributed by atoms with E-state index in [1.165, 1.54) is 9.25 Å². The highest BCUT2D eigenvalue weighted by molar-refractivity contribution is 5.84. The molecule has 8 heteroatoms. The topological polar surface area (TPSA) is 91.0 Å². The van der Waals surface area contributed by atoms with Gasteiger partial charge in [0.05, 0.1) is 6.54 Å². The predicted molar refractivity (Wildman–Crippen MR) is 113 cm³/mol. The van der Waals surface area contributed by atoms with Gasteiger partial charge >= 0.3 is 5.69 Å². The molecule has 0 fully saturated rings. The smallest absolute Gasteiger partial charge is 0.346 e. The average molecular weight is 403 g/mol. The molecule has 30 heavy (non-hydrogen) atoms. The number of nitrogens with one attached hydrogen (secondary N) is 1. The maximum atomic E-state index is 12.4. The Hall–Kier alpha value is -3.94. The summed E-state index contributed by atoms with van der Waals surface area (Å²) in [7, 11) is 1.64. The highest BCUT2D eigenvalue weighted by Crippen LogP contribution is 2.20. The van der Waals surface area contributed by atoms with Crippen LogP contribution in [0.4, 0.5) is 0 Å². The van der Waals surface area contributed by atoms with Crippen LogP contribution >= 0.6 is 0 Å². The van der Waals surface area contributed by atoms with Crippen LogP contribution in [0.15, 0.2) is 71.7 Å². The van der Waals surface area contributed by atoms with Gasteiger partial charge in [-0.3, -0.25) is 14.3 Å². The molecule has 0 radical (unpaired) electrons. The Bertz CT molecular complexity index is 1230. The second-order valence-electron chi connectivity index (χ2n) is 6.75. The fourth-order valence-corrected chi connectivity index (χ4v) is 3.11. The molecule has 0 saturated carbocycles. The number of nitrogens with zero attached hydrogens (tertiary/aromatic N) is 4. The van der Waals surface area contributed by atoms with Crippen molar-refractivity contribution in [1.29, 1.82) is 0 Å². The first kappa shape index (κ1) is 19.4. The molecule has 8 nitrogen and oxygen atoms in total. The third-order valence-electron chi connectivity index (χ3n) is 4.67. The Morgan fingerprint density at radius 1 is 1.07 bits per heavy atom. The molecule has 0 aliphatic carbocycles. The van der Waals surface area contributed by atoms with Gasteiger partial charge < -0.3 is 10.1 Å². The van der Waals surface area contributed by atoms with E-state index in [0.29, 0.717) is 17.3 Å². The van der Waals surface area contributed by atoms with Crippen LogP contribution in [-0.4, -0.2) is 38.4 Å². The molecule has 2 heterocycles. The summed E-state index contributed by atoms with van der Waals surface area (Å²) >= 11 is 0. The van der Waals surface area contributed by atoms with Crippen LogP contribution in [0, 0.1) is 0 Å². The van der Waals surface area contributed by atoms with Gasteiger partial charge in [-0.15, -0.1) is 5.10 Å². The molecule has 152 valence electrons. The minimum absolute atomic E-state index is 0.103. The normalized spacial score (nSPS) is 10.8. The average Bonchev–Trinajstić information content (AvgIpc) is 3.07. The fourth-order valence-electron chi connectivity index (χ4n) is 3.11. The molecule has 0 unspecified atom stereocenters. The van der Waals surface area contributed by atoms with E-state index in [9.17, 15) is 9.59 Å². The Morgan fingerprint density at radius 3 is 2.67 bits per heavy atom. The molecule has 0 aliphatic heterocycles. The first-order valence-corrected chi connectivity index (χ1v) is 9.55. The van der Waals surface area contributed by atoms with Gasteiger partial charge in [-0.1, -0.05) is 36.4 Å². The summed E-state index contributed by atoms with van der Waals surface area (Å²) < 4.78 is 8.33. The number of hydrogen-bond acceptors (Lipinski definition) is 5. The summed E-state index contributed by atoms with van der Waals surface area (Å²) in [5.41, 5.74) is 0.348. The minimum Gasteiger partial charge on any atom is -0.484 e. The van der Waals surface area contributed by atoms with Crippen LogP contribution in [0.3, 0.4) is 0 Å². The molecular weight excluding hydrogens is 382 g/mol. The fraction of sp³-hybridized carbons (Fsp3) is 0.182. The van der Waals surface area contributed by atoms with E-state index in [2.05, 4.69) is 15.4 Å². The van der Waals surface area contributed by atoms with Gasteiger partial charge in [0.15, 0.2) is 12.4 Å². The molecule has 2 aromatic heterocycles. The lowest BCUT2D eigenvalue weighted by Crippen LogP contribution is -2.34. The number of fused-ring (bicyclic) bond motifs is 1. The number of benzene rings is 2. The Labute approximate surface area is 172 Å². The van der Waals surface area contributed by atoms with E-state index in [0.717, 1.165) is 10.8 Å². The minimum atomic E-state index is -0.267. The third kappa shape index (κ3) is 4.22. The molecule has 0 spiro atoms. The lowest BCUT2D eigenvalue weighted by molar-refractivity contribution is -0.123. The summed E-state index contributed by atoms with van der Waals surface area (Å²) in [5.74, 6) is 0.841. The SMILES string of the molecule is Cn1c(-c2ccccn2)nn(CCNC(=O)COc2ccc3ccccc3c2)c1=O. The van der Waals surface area contributed by atoms with Crippen LogP contribution in [0.25, 0.3) is 22.3 Å². The first-order chi connectivity index (χ1) is 14.6. The van der Waals surface area contributed by atoms with Crippen LogP contribution in [0.2, 0.25) is 0 Å². The highest BCUT2D eigenvalue weighted by Gasteiger charge is 2.13. The molecule has 0 aliphatic rings. The van der Waals surface area contributed by atoms with Gasteiger partial charge in [0.2, 0.25) is 0 Å². The van der Waals surface area contributed by atoms with Crippen molar-refractivity contribution in [3.05, 3.63) is 77.3 Å². The van der Waals surface area contributed by atoms with Crippen molar-refractivity contribution in [1.82, 2.24) is 24.6 Å². The van der Waals surface area contributed by atoms with E-state index in [4.69, 9.17) is 4.74 Å². The van der Waals surface area contributed by atoms with Crippen molar-refractivity contribution < 1.29 is 9.53 Å². The molecule has 4 aromatic rings. The molecule has 0 saturated heterocycles. The zero-order valence-corrected chi connectivity index (χ0v) is 16.5. The number of aromatic nitrogens is 4. The maximum absolute atomic E-state index is 12.4. The molecule has 2 aromatic carbocycles. The van der Waals surface area contributed by atoms with Crippen molar-refractivity contribution in [3.8, 4) is 17.3 Å². The Kier molecular flexibility index (Phi) is 5.56. The standard InChI is InChI=1S/C22H21N5O3/c1-26-21(19-8-4-5-11-23-19)25-27(22(26)29)13-12-24-20(28)15-30-18-10-9-16-6-2-3-7-17(16)14-18/h2-11,14H,12-13,15H2,1H3,(H,24,28). The zero-order valence-electron chi connectivity index (χ0n) is 16.5. The molecule has 1 N–H and O–H groups in total. The highest BCUT2D eigenvalue weighted by atomic mass is 16.5. The van der Waals surface area contributed by atoms with Crippen LogP contribution < -0.4 is 15.7 Å². The van der Waals surface area contributed by atoms with E-state index in [-0.39, 0.29) is 31.3 Å². The van der Waals surface area contributed by atoms with Gasteiger partial charge in [-0.2, -0.15) is 0 Å². The maximum Gasteiger partial charge on any atom is 0.346 e. The van der Waals surface area contributed by atoms with Gasteiger partial charge in [0, 0.05) is 19.8 Å². The number of carbonyl (C=O) groups is 1. The van der Waals surface area contributed by atoms with Gasteiger partial charge in [-0.25, -0.2) is 9.48 Å². The summed E-state index contributed by atoms with van der Waals surface area (Å²) in [4.78, 5) is 28.7. The van der Waals surface area contributed by atoms with Gasteiger partial charge in [0.25, 0.3) is 5.91 Å². The zero-order chi connectivity index (χ0) is 20.9. The van der Waals surface area contributed by atoms with Crippen molar-refractivity contribution in [2.24, 2.45) is 7.05 Å². The third-order valence-corrected chi connectivity index (χ3v) is 4.67. The quantitative estimate of drug-likeness (QED) is 0.510. The Balaban J connectivity index is 1.31. The number of rotatable bonds is 7. The number of amides is 1. The molecule has 4 rings (SSSR count). The first-order valence-electron chi connectivity index (χ1n) is 9.55. The number of pyridine rings is 1. The molecule has 0 bridgehead atoms. The molecule has 0 atom stereocenters. The van der Waals surface area contributed by atoms with Gasteiger partial charge in [0.1, 0.15) is 11.4 Å². The van der Waals surface area contributed by atoms with Crippen molar-refractivity contribution in [2.45, 2.75) is 6.54 Å². The predicted octanol–water partition coefficient (Wildman–Crippen LogP) is 1.99. The van der Waals surface area contributed by atoms with Crippen LogP contribution in [0.1, 0.15) is 0 Å². The summed E-state index contributed by atoms with van der Waals surface area (Å²) in [6.45, 7) is 0.411. The Morgan fingerprint density at radius 2 is 1.87 bits per heavy atom. The number of hydrogen-bond donors (Lipinski definition) is 1. The van der Waals surface area contributed by atoms with Crippen molar-refractivity contribution >= 4 is 16.7 Å². The second kappa shape index (κ2) is 8.60.